The molecule has 0 spiro atoms. The maximum Gasteiger partial charge on any atom is 0.286 e. The van der Waals surface area contributed by atoms with Gasteiger partial charge in [-0.1, -0.05) is 0 Å². The summed E-state index contributed by atoms with van der Waals surface area (Å²) >= 11 is 0. The Balaban J connectivity index is 2.54. The zero-order chi connectivity index (χ0) is 10.4. The summed E-state index contributed by atoms with van der Waals surface area (Å²) in [6.45, 7) is 5.42. The van der Waals surface area contributed by atoms with Crippen LogP contribution in [0.1, 0.15) is 30.2 Å². The maximum atomic E-state index is 11.3. The standard InChI is InChI=1S/C10H15NO3/c1-3-11-10(12)9-6-5-8(14-9)7-13-4-2/h5-6H,3-4,7H2,1-2H3,(H,11,12). The van der Waals surface area contributed by atoms with Gasteiger partial charge in [0.1, 0.15) is 12.4 Å². The van der Waals surface area contributed by atoms with Gasteiger partial charge in [0.05, 0.1) is 0 Å². The van der Waals surface area contributed by atoms with E-state index in [1.807, 2.05) is 13.8 Å². The molecule has 4 heteroatoms. The first kappa shape index (κ1) is 10.8. The molecule has 0 saturated heterocycles. The molecule has 0 radical (unpaired) electrons. The molecule has 1 amide bonds. The van der Waals surface area contributed by atoms with Crippen LogP contribution in [-0.2, 0) is 11.3 Å². The lowest BCUT2D eigenvalue weighted by molar-refractivity contribution is 0.0908. The molecule has 0 bridgehead atoms. The number of hydrogen-bond donors (Lipinski definition) is 1. The average molecular weight is 197 g/mol. The zero-order valence-electron chi connectivity index (χ0n) is 8.50. The van der Waals surface area contributed by atoms with Crippen LogP contribution in [0.4, 0.5) is 0 Å². The molecule has 0 aliphatic carbocycles. The van der Waals surface area contributed by atoms with E-state index < -0.39 is 0 Å². The van der Waals surface area contributed by atoms with E-state index in [2.05, 4.69) is 5.32 Å². The summed E-state index contributed by atoms with van der Waals surface area (Å²) in [4.78, 5) is 11.3. The number of nitrogens with one attached hydrogen (secondary N) is 1. The SMILES string of the molecule is CCNC(=O)c1ccc(COCC)o1. The lowest BCUT2D eigenvalue weighted by atomic mass is 10.4. The van der Waals surface area contributed by atoms with E-state index >= 15 is 0 Å². The molecule has 0 atom stereocenters. The molecule has 14 heavy (non-hydrogen) atoms. The summed E-state index contributed by atoms with van der Waals surface area (Å²) in [7, 11) is 0. The Morgan fingerprint density at radius 1 is 1.50 bits per heavy atom. The van der Waals surface area contributed by atoms with Gasteiger partial charge in [0.25, 0.3) is 5.91 Å². The Hall–Kier alpha value is -1.29. The van der Waals surface area contributed by atoms with Crippen LogP contribution < -0.4 is 5.32 Å². The highest BCUT2D eigenvalue weighted by Crippen LogP contribution is 2.08. The Bertz CT molecular complexity index is 293. The molecule has 0 saturated carbocycles. The van der Waals surface area contributed by atoms with Crippen LogP contribution in [0.15, 0.2) is 16.5 Å². The molecule has 1 aromatic heterocycles. The van der Waals surface area contributed by atoms with E-state index in [-0.39, 0.29) is 5.91 Å². The average Bonchev–Trinajstić information content (AvgIpc) is 2.63. The highest BCUT2D eigenvalue weighted by Gasteiger charge is 2.09. The van der Waals surface area contributed by atoms with Crippen LogP contribution in [0, 0.1) is 0 Å². The molecule has 1 heterocycles. The first-order chi connectivity index (χ1) is 6.77. The molecule has 1 aromatic rings. The minimum absolute atomic E-state index is 0.185. The van der Waals surface area contributed by atoms with Gasteiger partial charge in [-0.15, -0.1) is 0 Å². The molecular weight excluding hydrogens is 182 g/mol. The summed E-state index contributed by atoms with van der Waals surface area (Å²) in [5, 5.41) is 2.66. The fourth-order valence-corrected chi connectivity index (χ4v) is 1.03. The van der Waals surface area contributed by atoms with Gasteiger partial charge in [-0.2, -0.15) is 0 Å². The van der Waals surface area contributed by atoms with Crippen molar-refractivity contribution < 1.29 is 13.9 Å². The smallest absolute Gasteiger partial charge is 0.286 e. The predicted octanol–water partition coefficient (Wildman–Crippen LogP) is 1.57. The zero-order valence-corrected chi connectivity index (χ0v) is 8.50. The van der Waals surface area contributed by atoms with Gasteiger partial charge in [-0.25, -0.2) is 0 Å². The van der Waals surface area contributed by atoms with Crippen LogP contribution in [0.5, 0.6) is 0 Å². The Morgan fingerprint density at radius 3 is 2.93 bits per heavy atom. The van der Waals surface area contributed by atoms with E-state index in [4.69, 9.17) is 9.15 Å². The fourth-order valence-electron chi connectivity index (χ4n) is 1.03. The van der Waals surface area contributed by atoms with Crippen molar-refractivity contribution in [2.24, 2.45) is 0 Å². The molecule has 0 aliphatic heterocycles. The minimum atomic E-state index is -0.185. The van der Waals surface area contributed by atoms with Gasteiger partial charge < -0.3 is 14.5 Å². The number of hydrogen-bond acceptors (Lipinski definition) is 3. The monoisotopic (exact) mass is 197 g/mol. The second-order valence-electron chi connectivity index (χ2n) is 2.76. The molecule has 0 aromatic carbocycles. The number of rotatable bonds is 5. The first-order valence-electron chi connectivity index (χ1n) is 4.72. The fraction of sp³-hybridized carbons (Fsp3) is 0.500. The van der Waals surface area contributed by atoms with Crippen molar-refractivity contribution in [3.05, 3.63) is 23.7 Å². The van der Waals surface area contributed by atoms with Gasteiger partial charge in [0.2, 0.25) is 0 Å². The normalized spacial score (nSPS) is 10.1. The van der Waals surface area contributed by atoms with Gasteiger partial charge in [0.15, 0.2) is 5.76 Å². The van der Waals surface area contributed by atoms with Crippen molar-refractivity contribution in [1.82, 2.24) is 5.32 Å². The van der Waals surface area contributed by atoms with Crippen LogP contribution in [0.3, 0.4) is 0 Å². The molecule has 0 aliphatic rings. The summed E-state index contributed by atoms with van der Waals surface area (Å²) in [5.74, 6) is 0.824. The molecule has 0 unspecified atom stereocenters. The van der Waals surface area contributed by atoms with E-state index in [0.717, 1.165) is 0 Å². The van der Waals surface area contributed by atoms with Crippen LogP contribution in [0.25, 0.3) is 0 Å². The third-order valence-electron chi connectivity index (χ3n) is 1.67. The lowest BCUT2D eigenvalue weighted by Crippen LogP contribution is -2.21. The Labute approximate surface area is 83.2 Å². The molecular formula is C10H15NO3. The number of furan rings is 1. The Kier molecular flexibility index (Phi) is 4.19. The van der Waals surface area contributed by atoms with Crippen molar-refractivity contribution in [1.29, 1.82) is 0 Å². The predicted molar refractivity (Wildman–Crippen MR) is 52.0 cm³/mol. The van der Waals surface area contributed by atoms with E-state index in [1.165, 1.54) is 0 Å². The van der Waals surface area contributed by atoms with Gasteiger partial charge >= 0.3 is 0 Å². The van der Waals surface area contributed by atoms with Crippen LogP contribution in [0.2, 0.25) is 0 Å². The van der Waals surface area contributed by atoms with Crippen molar-refractivity contribution in [3.8, 4) is 0 Å². The van der Waals surface area contributed by atoms with E-state index in [0.29, 0.717) is 31.3 Å². The third-order valence-corrected chi connectivity index (χ3v) is 1.67. The molecule has 4 nitrogen and oxygen atoms in total. The second kappa shape index (κ2) is 5.44. The van der Waals surface area contributed by atoms with Crippen LogP contribution >= 0.6 is 0 Å². The molecule has 1 rings (SSSR count). The molecule has 1 N–H and O–H groups in total. The third kappa shape index (κ3) is 2.88. The summed E-state index contributed by atoms with van der Waals surface area (Å²) in [6, 6.07) is 3.40. The van der Waals surface area contributed by atoms with Gasteiger partial charge in [-0.3, -0.25) is 4.79 Å². The summed E-state index contributed by atoms with van der Waals surface area (Å²) in [5.41, 5.74) is 0. The quantitative estimate of drug-likeness (QED) is 0.779. The second-order valence-corrected chi connectivity index (χ2v) is 2.76. The van der Waals surface area contributed by atoms with Gasteiger partial charge in [-0.05, 0) is 26.0 Å². The lowest BCUT2D eigenvalue weighted by Gasteiger charge is -1.98. The van der Waals surface area contributed by atoms with Crippen LogP contribution in [-0.4, -0.2) is 19.1 Å². The number of ether oxygens (including phenoxy) is 1. The van der Waals surface area contributed by atoms with E-state index in [9.17, 15) is 4.79 Å². The van der Waals surface area contributed by atoms with Crippen molar-refractivity contribution >= 4 is 5.91 Å². The topological polar surface area (TPSA) is 51.5 Å². The van der Waals surface area contributed by atoms with Crippen molar-refractivity contribution in [3.63, 3.8) is 0 Å². The number of carbonyl (C=O) groups is 1. The summed E-state index contributed by atoms with van der Waals surface area (Å²) < 4.78 is 10.4. The van der Waals surface area contributed by atoms with Gasteiger partial charge in [0, 0.05) is 13.2 Å². The molecule has 0 fully saturated rings. The number of amides is 1. The van der Waals surface area contributed by atoms with Crippen molar-refractivity contribution in [2.45, 2.75) is 20.5 Å². The first-order valence-corrected chi connectivity index (χ1v) is 4.72. The number of carbonyl (C=O) groups excluding carboxylic acids is 1. The molecule has 78 valence electrons. The van der Waals surface area contributed by atoms with Crippen molar-refractivity contribution in [2.75, 3.05) is 13.2 Å². The largest absolute Gasteiger partial charge is 0.453 e. The highest BCUT2D eigenvalue weighted by atomic mass is 16.5. The summed E-state index contributed by atoms with van der Waals surface area (Å²) in [6.07, 6.45) is 0. The van der Waals surface area contributed by atoms with E-state index in [1.54, 1.807) is 12.1 Å². The highest BCUT2D eigenvalue weighted by molar-refractivity contribution is 5.91. The minimum Gasteiger partial charge on any atom is -0.453 e. The maximum absolute atomic E-state index is 11.3. The Morgan fingerprint density at radius 2 is 2.29 bits per heavy atom.